The maximum absolute atomic E-state index is 11.2. The molecule has 0 amide bonds. The Kier molecular flexibility index (Phi) is 5.44. The van der Waals surface area contributed by atoms with E-state index < -0.39 is 5.97 Å². The van der Waals surface area contributed by atoms with Crippen LogP contribution in [0.1, 0.15) is 29.6 Å². The molecule has 1 heterocycles. The first-order valence-electron chi connectivity index (χ1n) is 7.44. The van der Waals surface area contributed by atoms with E-state index in [1.165, 1.54) is 12.8 Å². The molecule has 1 aromatic carbocycles. The molecule has 21 heavy (non-hydrogen) atoms. The van der Waals surface area contributed by atoms with E-state index in [-0.39, 0.29) is 0 Å². The molecule has 1 aliphatic rings. The lowest BCUT2D eigenvalue weighted by atomic mass is 9.94. The van der Waals surface area contributed by atoms with Crippen LogP contribution in [0.5, 0.6) is 5.75 Å². The number of ether oxygens (including phenoxy) is 1. The van der Waals surface area contributed by atoms with Gasteiger partial charge in [-0.2, -0.15) is 0 Å². The number of anilines is 1. The zero-order chi connectivity index (χ0) is 15.2. The molecule has 0 aliphatic carbocycles. The Hall–Kier alpha value is -1.75. The van der Waals surface area contributed by atoms with E-state index in [1.54, 1.807) is 25.3 Å². The molecule has 1 aromatic rings. The number of hydrogen-bond acceptors (Lipinski definition) is 4. The molecule has 0 saturated carbocycles. The highest BCUT2D eigenvalue weighted by molar-refractivity contribution is 5.94. The molecule has 1 fully saturated rings. The molecular formula is C16H24N2O3. The molecule has 2 N–H and O–H groups in total. The van der Waals surface area contributed by atoms with E-state index in [9.17, 15) is 9.90 Å². The summed E-state index contributed by atoms with van der Waals surface area (Å²) >= 11 is 0. The molecule has 5 heteroatoms. The number of piperidine rings is 1. The van der Waals surface area contributed by atoms with E-state index in [4.69, 9.17) is 4.74 Å². The van der Waals surface area contributed by atoms with Gasteiger partial charge in [0.25, 0.3) is 0 Å². The van der Waals surface area contributed by atoms with Crippen LogP contribution in [-0.2, 0) is 0 Å². The third-order valence-electron chi connectivity index (χ3n) is 4.16. The van der Waals surface area contributed by atoms with Crippen molar-refractivity contribution in [3.63, 3.8) is 0 Å². The zero-order valence-electron chi connectivity index (χ0n) is 12.8. The summed E-state index contributed by atoms with van der Waals surface area (Å²) in [6, 6.07) is 5.00. The van der Waals surface area contributed by atoms with Crippen LogP contribution < -0.4 is 10.1 Å². The molecule has 2 rings (SSSR count). The Morgan fingerprint density at radius 3 is 2.76 bits per heavy atom. The minimum atomic E-state index is -0.917. The van der Waals surface area contributed by atoms with Crippen LogP contribution in [0, 0.1) is 5.92 Å². The number of nitrogens with zero attached hydrogens (tertiary/aromatic N) is 1. The van der Waals surface area contributed by atoms with Gasteiger partial charge in [-0.15, -0.1) is 0 Å². The fraction of sp³-hybridized carbons (Fsp3) is 0.562. The molecule has 0 unspecified atom stereocenters. The Bertz CT molecular complexity index is 482. The average molecular weight is 292 g/mol. The average Bonchev–Trinajstić information content (AvgIpc) is 2.49. The summed E-state index contributed by atoms with van der Waals surface area (Å²) < 4.78 is 5.16. The standard InChI is InChI=1S/C16H24N2O3/c1-18-9-6-12(7-10-18)5-8-17-15-11-13(21-2)3-4-14(15)16(19)20/h3-4,11-12,17H,5-10H2,1-2H3,(H,19,20). The maximum atomic E-state index is 11.2. The summed E-state index contributed by atoms with van der Waals surface area (Å²) in [6.45, 7) is 3.11. The fourth-order valence-corrected chi connectivity index (χ4v) is 2.74. The van der Waals surface area contributed by atoms with Crippen LogP contribution in [0.3, 0.4) is 0 Å². The van der Waals surface area contributed by atoms with Gasteiger partial charge in [-0.05, 0) is 57.5 Å². The Morgan fingerprint density at radius 2 is 2.14 bits per heavy atom. The summed E-state index contributed by atoms with van der Waals surface area (Å²) in [4.78, 5) is 13.6. The lowest BCUT2D eigenvalue weighted by Gasteiger charge is -2.29. The lowest BCUT2D eigenvalue weighted by Crippen LogP contribution is -2.30. The summed E-state index contributed by atoms with van der Waals surface area (Å²) in [5.74, 6) is 0.480. The van der Waals surface area contributed by atoms with Gasteiger partial charge in [0.2, 0.25) is 0 Å². The van der Waals surface area contributed by atoms with Gasteiger partial charge in [-0.1, -0.05) is 0 Å². The summed E-state index contributed by atoms with van der Waals surface area (Å²) in [6.07, 6.45) is 3.52. The normalized spacial score (nSPS) is 16.7. The van der Waals surface area contributed by atoms with Crippen molar-refractivity contribution >= 4 is 11.7 Å². The number of rotatable bonds is 6. The Morgan fingerprint density at radius 1 is 1.43 bits per heavy atom. The van der Waals surface area contributed by atoms with Crippen molar-refractivity contribution in [1.82, 2.24) is 4.90 Å². The number of aromatic carboxylic acids is 1. The number of benzene rings is 1. The third-order valence-corrected chi connectivity index (χ3v) is 4.16. The van der Waals surface area contributed by atoms with E-state index in [2.05, 4.69) is 17.3 Å². The highest BCUT2D eigenvalue weighted by Gasteiger charge is 2.17. The van der Waals surface area contributed by atoms with Crippen molar-refractivity contribution in [2.75, 3.05) is 39.1 Å². The van der Waals surface area contributed by atoms with Gasteiger partial charge in [0.15, 0.2) is 0 Å². The van der Waals surface area contributed by atoms with E-state index in [1.807, 2.05) is 0 Å². The number of methoxy groups -OCH3 is 1. The van der Waals surface area contributed by atoms with Crippen molar-refractivity contribution in [2.24, 2.45) is 5.92 Å². The number of nitrogens with one attached hydrogen (secondary N) is 1. The largest absolute Gasteiger partial charge is 0.497 e. The van der Waals surface area contributed by atoms with Crippen molar-refractivity contribution in [2.45, 2.75) is 19.3 Å². The number of carboxylic acid groups (broad SMARTS) is 1. The van der Waals surface area contributed by atoms with Crippen LogP contribution in [0.15, 0.2) is 18.2 Å². The summed E-state index contributed by atoms with van der Waals surface area (Å²) in [5, 5.41) is 12.5. The molecule has 0 atom stereocenters. The predicted octanol–water partition coefficient (Wildman–Crippen LogP) is 2.54. The van der Waals surface area contributed by atoms with Gasteiger partial charge < -0.3 is 20.1 Å². The predicted molar refractivity (Wildman–Crippen MR) is 83.3 cm³/mol. The SMILES string of the molecule is COc1ccc(C(=O)O)c(NCCC2CCN(C)CC2)c1. The highest BCUT2D eigenvalue weighted by atomic mass is 16.5. The molecule has 5 nitrogen and oxygen atoms in total. The Labute approximate surface area is 125 Å². The first kappa shape index (κ1) is 15.6. The summed E-state index contributed by atoms with van der Waals surface area (Å²) in [5.41, 5.74) is 0.925. The molecular weight excluding hydrogens is 268 g/mol. The quantitative estimate of drug-likeness (QED) is 0.843. The van der Waals surface area contributed by atoms with Gasteiger partial charge in [-0.3, -0.25) is 0 Å². The highest BCUT2D eigenvalue weighted by Crippen LogP contribution is 2.24. The molecule has 0 radical (unpaired) electrons. The van der Waals surface area contributed by atoms with Crippen LogP contribution >= 0.6 is 0 Å². The zero-order valence-corrected chi connectivity index (χ0v) is 12.8. The van der Waals surface area contributed by atoms with E-state index >= 15 is 0 Å². The molecule has 0 bridgehead atoms. The van der Waals surface area contributed by atoms with Crippen LogP contribution in [0.25, 0.3) is 0 Å². The van der Waals surface area contributed by atoms with Gasteiger partial charge in [0.1, 0.15) is 5.75 Å². The second-order valence-corrected chi connectivity index (χ2v) is 5.68. The second-order valence-electron chi connectivity index (χ2n) is 5.68. The molecule has 116 valence electrons. The molecule has 1 aliphatic heterocycles. The van der Waals surface area contributed by atoms with Crippen molar-refractivity contribution in [1.29, 1.82) is 0 Å². The molecule has 0 aromatic heterocycles. The van der Waals surface area contributed by atoms with Gasteiger partial charge in [0.05, 0.1) is 18.4 Å². The first-order chi connectivity index (χ1) is 10.1. The minimum Gasteiger partial charge on any atom is -0.497 e. The number of hydrogen-bond donors (Lipinski definition) is 2. The van der Waals surface area contributed by atoms with E-state index in [0.29, 0.717) is 17.0 Å². The molecule has 0 spiro atoms. The van der Waals surface area contributed by atoms with Gasteiger partial charge in [-0.25, -0.2) is 4.79 Å². The van der Waals surface area contributed by atoms with Crippen LogP contribution in [0.4, 0.5) is 5.69 Å². The fourth-order valence-electron chi connectivity index (χ4n) is 2.74. The maximum Gasteiger partial charge on any atom is 0.337 e. The van der Waals surface area contributed by atoms with Crippen molar-refractivity contribution in [3.8, 4) is 5.75 Å². The topological polar surface area (TPSA) is 61.8 Å². The van der Waals surface area contributed by atoms with Crippen molar-refractivity contribution < 1.29 is 14.6 Å². The smallest absolute Gasteiger partial charge is 0.337 e. The van der Waals surface area contributed by atoms with Gasteiger partial charge >= 0.3 is 5.97 Å². The number of carbonyl (C=O) groups is 1. The minimum absolute atomic E-state index is 0.291. The molecule has 1 saturated heterocycles. The monoisotopic (exact) mass is 292 g/mol. The number of carboxylic acids is 1. The first-order valence-corrected chi connectivity index (χ1v) is 7.44. The Balaban J connectivity index is 1.91. The summed E-state index contributed by atoms with van der Waals surface area (Å²) in [7, 11) is 3.74. The second kappa shape index (κ2) is 7.31. The van der Waals surface area contributed by atoms with Crippen molar-refractivity contribution in [3.05, 3.63) is 23.8 Å². The third kappa shape index (κ3) is 4.36. The van der Waals surface area contributed by atoms with Gasteiger partial charge in [0, 0.05) is 12.6 Å². The van der Waals surface area contributed by atoms with Crippen LogP contribution in [0.2, 0.25) is 0 Å². The van der Waals surface area contributed by atoms with E-state index in [0.717, 1.165) is 32.0 Å². The lowest BCUT2D eigenvalue weighted by molar-refractivity contribution is 0.0698. The number of likely N-dealkylation sites (tertiary alicyclic amines) is 1. The van der Waals surface area contributed by atoms with Crippen LogP contribution in [-0.4, -0.2) is 49.8 Å².